The first-order chi connectivity index (χ1) is 5.59. The van der Waals surface area contributed by atoms with Crippen molar-refractivity contribution in [2.24, 2.45) is 5.92 Å². The minimum atomic E-state index is 0.543. The number of alkyl halides is 1. The quantitative estimate of drug-likeness (QED) is 0.770. The zero-order valence-corrected chi connectivity index (χ0v) is 9.94. The van der Waals surface area contributed by atoms with Crippen molar-refractivity contribution in [1.82, 2.24) is 10.2 Å². The molecule has 2 unspecified atom stereocenters. The molecular formula is C8H13BrN2S. The van der Waals surface area contributed by atoms with Crippen molar-refractivity contribution in [3.8, 4) is 0 Å². The number of aromatic nitrogens is 2. The summed E-state index contributed by atoms with van der Waals surface area (Å²) in [6.07, 6.45) is 1.03. The van der Waals surface area contributed by atoms with E-state index in [1.807, 2.05) is 6.92 Å². The molecule has 0 radical (unpaired) electrons. The van der Waals surface area contributed by atoms with Crippen molar-refractivity contribution < 1.29 is 0 Å². The van der Waals surface area contributed by atoms with Crippen molar-refractivity contribution >= 4 is 27.3 Å². The molecule has 1 aromatic rings. The third kappa shape index (κ3) is 2.83. The third-order valence-corrected chi connectivity index (χ3v) is 3.61. The summed E-state index contributed by atoms with van der Waals surface area (Å²) in [5.74, 6) is 0.623. The highest BCUT2D eigenvalue weighted by atomic mass is 79.9. The Morgan fingerprint density at radius 3 is 2.50 bits per heavy atom. The molecule has 68 valence electrons. The molecule has 1 heterocycles. The van der Waals surface area contributed by atoms with E-state index in [-0.39, 0.29) is 0 Å². The standard InChI is InChI=1S/C8H13BrN2S/c1-5(6(2)9)4-8-11-10-7(3)12-8/h5-6H,4H2,1-3H3. The van der Waals surface area contributed by atoms with E-state index in [9.17, 15) is 0 Å². The second kappa shape index (κ2) is 4.33. The molecule has 0 bridgehead atoms. The Bertz CT molecular complexity index is 247. The van der Waals surface area contributed by atoms with E-state index < -0.39 is 0 Å². The predicted octanol–water partition coefficient (Wildman–Crippen LogP) is 2.81. The van der Waals surface area contributed by atoms with Gasteiger partial charge in [-0.2, -0.15) is 0 Å². The topological polar surface area (TPSA) is 25.8 Å². The lowest BCUT2D eigenvalue weighted by Crippen LogP contribution is -2.09. The zero-order chi connectivity index (χ0) is 9.14. The van der Waals surface area contributed by atoms with E-state index in [0.717, 1.165) is 16.4 Å². The molecule has 0 aliphatic rings. The van der Waals surface area contributed by atoms with Crippen LogP contribution in [0.1, 0.15) is 23.9 Å². The van der Waals surface area contributed by atoms with Crippen LogP contribution in [0.5, 0.6) is 0 Å². The molecular weight excluding hydrogens is 236 g/mol. The van der Waals surface area contributed by atoms with E-state index >= 15 is 0 Å². The summed E-state index contributed by atoms with van der Waals surface area (Å²) in [5, 5.41) is 10.3. The summed E-state index contributed by atoms with van der Waals surface area (Å²) >= 11 is 5.25. The monoisotopic (exact) mass is 248 g/mol. The first-order valence-corrected chi connectivity index (χ1v) is 5.76. The van der Waals surface area contributed by atoms with Crippen LogP contribution in [0.2, 0.25) is 0 Å². The van der Waals surface area contributed by atoms with Crippen molar-refractivity contribution in [3.05, 3.63) is 10.0 Å². The molecule has 2 atom stereocenters. The molecule has 0 N–H and O–H groups in total. The molecule has 0 spiro atoms. The van der Waals surface area contributed by atoms with Crippen LogP contribution >= 0.6 is 27.3 Å². The maximum absolute atomic E-state index is 4.09. The van der Waals surface area contributed by atoms with Gasteiger partial charge in [-0.1, -0.05) is 29.8 Å². The van der Waals surface area contributed by atoms with Crippen LogP contribution in [0.25, 0.3) is 0 Å². The van der Waals surface area contributed by atoms with Crippen LogP contribution in [0.4, 0.5) is 0 Å². The maximum atomic E-state index is 4.09. The molecule has 12 heavy (non-hydrogen) atoms. The van der Waals surface area contributed by atoms with Gasteiger partial charge < -0.3 is 0 Å². The highest BCUT2D eigenvalue weighted by molar-refractivity contribution is 9.09. The molecule has 2 nitrogen and oxygen atoms in total. The SMILES string of the molecule is Cc1nnc(CC(C)C(C)Br)s1. The second-order valence-electron chi connectivity index (χ2n) is 3.07. The van der Waals surface area contributed by atoms with Gasteiger partial charge in [-0.3, -0.25) is 0 Å². The Morgan fingerprint density at radius 2 is 2.08 bits per heavy atom. The number of halogens is 1. The van der Waals surface area contributed by atoms with E-state index in [1.165, 1.54) is 0 Å². The third-order valence-electron chi connectivity index (χ3n) is 1.85. The lowest BCUT2D eigenvalue weighted by Gasteiger charge is -2.10. The summed E-state index contributed by atoms with van der Waals surface area (Å²) < 4.78 is 0. The molecule has 0 saturated carbocycles. The van der Waals surface area contributed by atoms with Crippen molar-refractivity contribution in [2.45, 2.75) is 32.0 Å². The number of rotatable bonds is 3. The fraction of sp³-hybridized carbons (Fsp3) is 0.750. The van der Waals surface area contributed by atoms with E-state index in [4.69, 9.17) is 0 Å². The molecule has 0 aromatic carbocycles. The molecule has 0 aliphatic heterocycles. The lowest BCUT2D eigenvalue weighted by atomic mass is 10.1. The highest BCUT2D eigenvalue weighted by Gasteiger charge is 2.11. The van der Waals surface area contributed by atoms with Crippen LogP contribution in [0, 0.1) is 12.8 Å². The molecule has 0 amide bonds. The van der Waals surface area contributed by atoms with Crippen LogP contribution in [-0.4, -0.2) is 15.0 Å². The van der Waals surface area contributed by atoms with Crippen LogP contribution in [0.3, 0.4) is 0 Å². The fourth-order valence-corrected chi connectivity index (χ4v) is 1.90. The molecule has 1 aromatic heterocycles. The minimum absolute atomic E-state index is 0.543. The first-order valence-electron chi connectivity index (χ1n) is 4.02. The summed E-state index contributed by atoms with van der Waals surface area (Å²) in [5.41, 5.74) is 0. The summed E-state index contributed by atoms with van der Waals surface area (Å²) in [4.78, 5) is 0.543. The molecule has 0 saturated heterocycles. The largest absolute Gasteiger partial charge is 0.144 e. The number of nitrogens with zero attached hydrogens (tertiary/aromatic N) is 2. The van der Waals surface area contributed by atoms with Gasteiger partial charge >= 0.3 is 0 Å². The van der Waals surface area contributed by atoms with Crippen LogP contribution < -0.4 is 0 Å². The Balaban J connectivity index is 2.52. The second-order valence-corrected chi connectivity index (χ2v) is 5.78. The number of hydrogen-bond acceptors (Lipinski definition) is 3. The van der Waals surface area contributed by atoms with Gasteiger partial charge in [0.2, 0.25) is 0 Å². The summed E-state index contributed by atoms with van der Waals surface area (Å²) in [6, 6.07) is 0. The average molecular weight is 249 g/mol. The van der Waals surface area contributed by atoms with Gasteiger partial charge in [-0.05, 0) is 12.8 Å². The Labute approximate surface area is 85.5 Å². The number of aryl methyl sites for hydroxylation is 1. The highest BCUT2D eigenvalue weighted by Crippen LogP contribution is 2.19. The van der Waals surface area contributed by atoms with E-state index in [2.05, 4.69) is 40.0 Å². The van der Waals surface area contributed by atoms with Gasteiger partial charge in [0.05, 0.1) is 0 Å². The predicted molar refractivity (Wildman–Crippen MR) is 55.9 cm³/mol. The molecule has 1 rings (SSSR count). The molecule has 0 aliphatic carbocycles. The van der Waals surface area contributed by atoms with Gasteiger partial charge in [0.1, 0.15) is 10.0 Å². The molecule has 0 fully saturated rings. The van der Waals surface area contributed by atoms with E-state index in [0.29, 0.717) is 10.7 Å². The van der Waals surface area contributed by atoms with Gasteiger partial charge in [-0.25, -0.2) is 0 Å². The van der Waals surface area contributed by atoms with Crippen molar-refractivity contribution in [3.63, 3.8) is 0 Å². The Hall–Kier alpha value is 0.0400. The Kier molecular flexibility index (Phi) is 3.65. The average Bonchev–Trinajstić information content (AvgIpc) is 2.35. The van der Waals surface area contributed by atoms with Gasteiger partial charge in [0, 0.05) is 11.2 Å². The summed E-state index contributed by atoms with van der Waals surface area (Å²) in [7, 11) is 0. The molecule has 4 heteroatoms. The minimum Gasteiger partial charge on any atom is -0.144 e. The summed E-state index contributed by atoms with van der Waals surface area (Å²) in [6.45, 7) is 6.37. The smallest absolute Gasteiger partial charge is 0.117 e. The lowest BCUT2D eigenvalue weighted by molar-refractivity contribution is 0.576. The normalized spacial score (nSPS) is 16.0. The Morgan fingerprint density at radius 1 is 1.42 bits per heavy atom. The zero-order valence-electron chi connectivity index (χ0n) is 7.54. The number of hydrogen-bond donors (Lipinski definition) is 0. The van der Waals surface area contributed by atoms with Crippen molar-refractivity contribution in [2.75, 3.05) is 0 Å². The van der Waals surface area contributed by atoms with Crippen LogP contribution in [-0.2, 0) is 6.42 Å². The first kappa shape index (κ1) is 10.1. The maximum Gasteiger partial charge on any atom is 0.117 e. The fourth-order valence-electron chi connectivity index (χ4n) is 0.858. The van der Waals surface area contributed by atoms with E-state index in [1.54, 1.807) is 11.3 Å². The van der Waals surface area contributed by atoms with Gasteiger partial charge in [0.15, 0.2) is 0 Å². The van der Waals surface area contributed by atoms with Crippen LogP contribution in [0.15, 0.2) is 0 Å². The van der Waals surface area contributed by atoms with Gasteiger partial charge in [0.25, 0.3) is 0 Å². The van der Waals surface area contributed by atoms with Crippen molar-refractivity contribution in [1.29, 1.82) is 0 Å². The van der Waals surface area contributed by atoms with Gasteiger partial charge in [-0.15, -0.1) is 21.5 Å².